The molecule has 0 saturated heterocycles. The van der Waals surface area contributed by atoms with Gasteiger partial charge in [-0.25, -0.2) is 0 Å². The first-order valence-electron chi connectivity index (χ1n) is 12.0. The number of rotatable bonds is 11. The van der Waals surface area contributed by atoms with Crippen LogP contribution in [0.25, 0.3) is 0 Å². The molecule has 10 nitrogen and oxygen atoms in total. The van der Waals surface area contributed by atoms with E-state index in [1.165, 1.54) is 12.1 Å². The van der Waals surface area contributed by atoms with Gasteiger partial charge in [-0.15, -0.1) is 0 Å². The zero-order chi connectivity index (χ0) is 27.5. The van der Waals surface area contributed by atoms with E-state index in [0.29, 0.717) is 29.0 Å². The van der Waals surface area contributed by atoms with Crippen LogP contribution in [0.5, 0.6) is 17.2 Å². The van der Waals surface area contributed by atoms with Crippen LogP contribution in [0.3, 0.4) is 0 Å². The number of ether oxygens (including phenoxy) is 2. The SMILES string of the molecule is CCOc1cc2c(cc1C(N)=O)C(=N)N(CC(=O)c1cc(OCCCC(=O)O)c(O)c(C(C)(C)C)c1)C2. The van der Waals surface area contributed by atoms with E-state index in [1.807, 2.05) is 20.8 Å². The minimum absolute atomic E-state index is 0.0670. The Morgan fingerprint density at radius 1 is 1.11 bits per heavy atom. The van der Waals surface area contributed by atoms with Crippen LogP contribution in [-0.2, 0) is 16.8 Å². The summed E-state index contributed by atoms with van der Waals surface area (Å²) in [6, 6.07) is 6.27. The lowest BCUT2D eigenvalue weighted by Crippen LogP contribution is -2.30. The van der Waals surface area contributed by atoms with Gasteiger partial charge in [-0.3, -0.25) is 19.8 Å². The summed E-state index contributed by atoms with van der Waals surface area (Å²) in [6.45, 7) is 8.04. The molecular weight excluding hydrogens is 478 g/mol. The molecule has 1 amide bonds. The predicted octanol–water partition coefficient (Wildman–Crippen LogP) is 3.45. The molecule has 0 saturated carbocycles. The number of fused-ring (bicyclic) bond motifs is 1. The monoisotopic (exact) mass is 511 g/mol. The Bertz CT molecular complexity index is 1250. The fourth-order valence-electron chi connectivity index (χ4n) is 4.15. The average molecular weight is 512 g/mol. The number of carboxylic acid groups (broad SMARTS) is 1. The first kappa shape index (κ1) is 27.5. The van der Waals surface area contributed by atoms with Crippen LogP contribution in [0.2, 0.25) is 0 Å². The highest BCUT2D eigenvalue weighted by atomic mass is 16.5. The molecule has 3 rings (SSSR count). The van der Waals surface area contributed by atoms with E-state index in [0.717, 1.165) is 5.56 Å². The Hall–Kier alpha value is -4.08. The van der Waals surface area contributed by atoms with Crippen LogP contribution in [0.4, 0.5) is 0 Å². The molecule has 0 fully saturated rings. The van der Waals surface area contributed by atoms with E-state index in [-0.39, 0.29) is 61.2 Å². The lowest BCUT2D eigenvalue weighted by atomic mass is 9.84. The van der Waals surface area contributed by atoms with Crippen LogP contribution in [0, 0.1) is 5.41 Å². The summed E-state index contributed by atoms with van der Waals surface area (Å²) >= 11 is 0. The van der Waals surface area contributed by atoms with Crippen molar-refractivity contribution < 1.29 is 34.1 Å². The maximum absolute atomic E-state index is 13.4. The van der Waals surface area contributed by atoms with Crippen molar-refractivity contribution in [1.29, 1.82) is 5.41 Å². The maximum atomic E-state index is 13.4. The van der Waals surface area contributed by atoms with E-state index in [2.05, 4.69) is 0 Å². The van der Waals surface area contributed by atoms with E-state index < -0.39 is 17.3 Å². The third-order valence-corrected chi connectivity index (χ3v) is 6.04. The molecule has 1 aliphatic heterocycles. The first-order chi connectivity index (χ1) is 17.3. The molecule has 37 heavy (non-hydrogen) atoms. The quantitative estimate of drug-likeness (QED) is 0.263. The predicted molar refractivity (Wildman–Crippen MR) is 137 cm³/mol. The summed E-state index contributed by atoms with van der Waals surface area (Å²) in [5, 5.41) is 28.2. The van der Waals surface area contributed by atoms with Gasteiger partial charge in [0.15, 0.2) is 17.3 Å². The molecule has 198 valence electrons. The van der Waals surface area contributed by atoms with E-state index in [4.69, 9.17) is 25.7 Å². The highest BCUT2D eigenvalue weighted by Crippen LogP contribution is 2.39. The number of primary amides is 1. The van der Waals surface area contributed by atoms with Gasteiger partial charge in [0.1, 0.15) is 11.6 Å². The van der Waals surface area contributed by atoms with E-state index in [1.54, 1.807) is 24.0 Å². The number of Topliss-reactive ketones (excluding diaryl/α,β-unsaturated/α-hetero) is 1. The average Bonchev–Trinajstić information content (AvgIpc) is 3.10. The first-order valence-corrected chi connectivity index (χ1v) is 12.0. The molecule has 0 aliphatic carbocycles. The number of aliphatic carboxylic acids is 1. The normalized spacial score (nSPS) is 12.9. The number of phenolic OH excluding ortho intramolecular Hbond substituents is 1. The molecule has 5 N–H and O–H groups in total. The van der Waals surface area contributed by atoms with E-state index >= 15 is 0 Å². The summed E-state index contributed by atoms with van der Waals surface area (Å²) in [5.74, 6) is -1.46. The van der Waals surface area contributed by atoms with Gasteiger partial charge >= 0.3 is 5.97 Å². The number of nitrogens with two attached hydrogens (primary N) is 1. The van der Waals surface area contributed by atoms with Gasteiger partial charge in [0.05, 0.1) is 25.3 Å². The molecular formula is C27H33N3O7. The Morgan fingerprint density at radius 2 is 1.81 bits per heavy atom. The van der Waals surface area contributed by atoms with Crippen molar-refractivity contribution in [2.45, 2.75) is 52.5 Å². The lowest BCUT2D eigenvalue weighted by Gasteiger charge is -2.24. The summed E-state index contributed by atoms with van der Waals surface area (Å²) < 4.78 is 11.2. The molecule has 0 unspecified atom stereocenters. The van der Waals surface area contributed by atoms with Crippen LogP contribution >= 0.6 is 0 Å². The molecule has 0 radical (unpaired) electrons. The number of ketones is 1. The Labute approximate surface area is 215 Å². The van der Waals surface area contributed by atoms with Gasteiger partial charge in [-0.1, -0.05) is 20.8 Å². The fraction of sp³-hybridized carbons (Fsp3) is 0.407. The van der Waals surface area contributed by atoms with Crippen molar-refractivity contribution in [1.82, 2.24) is 4.90 Å². The fourth-order valence-corrected chi connectivity index (χ4v) is 4.15. The third-order valence-electron chi connectivity index (χ3n) is 6.04. The van der Waals surface area contributed by atoms with Crippen molar-refractivity contribution in [2.24, 2.45) is 5.73 Å². The summed E-state index contributed by atoms with van der Waals surface area (Å²) in [6.07, 6.45) is 0.170. The van der Waals surface area contributed by atoms with Gasteiger partial charge in [-0.05, 0) is 48.6 Å². The highest BCUT2D eigenvalue weighted by molar-refractivity contribution is 6.07. The van der Waals surface area contributed by atoms with Crippen molar-refractivity contribution in [3.8, 4) is 17.2 Å². The number of hydrogen-bond acceptors (Lipinski definition) is 7. The number of amidine groups is 1. The van der Waals surface area contributed by atoms with Gasteiger partial charge in [0.25, 0.3) is 5.91 Å². The summed E-state index contributed by atoms with van der Waals surface area (Å²) in [7, 11) is 0. The van der Waals surface area contributed by atoms with Crippen LogP contribution in [-0.4, -0.2) is 58.4 Å². The number of hydrogen-bond donors (Lipinski definition) is 4. The number of nitrogens with one attached hydrogen (secondary N) is 1. The number of carbonyl (C=O) groups is 3. The van der Waals surface area contributed by atoms with Gasteiger partial charge in [-0.2, -0.15) is 0 Å². The van der Waals surface area contributed by atoms with E-state index in [9.17, 15) is 19.5 Å². The van der Waals surface area contributed by atoms with Crippen LogP contribution < -0.4 is 15.2 Å². The molecule has 2 aromatic carbocycles. The summed E-state index contributed by atoms with van der Waals surface area (Å²) in [4.78, 5) is 37.6. The second-order valence-corrected chi connectivity index (χ2v) is 9.90. The summed E-state index contributed by atoms with van der Waals surface area (Å²) in [5.41, 5.74) is 7.23. The molecule has 2 aromatic rings. The molecule has 0 aromatic heterocycles. The molecule has 1 aliphatic rings. The molecule has 0 spiro atoms. The third kappa shape index (κ3) is 6.19. The minimum Gasteiger partial charge on any atom is -0.504 e. The van der Waals surface area contributed by atoms with Crippen LogP contribution in [0.1, 0.15) is 77.9 Å². The second-order valence-electron chi connectivity index (χ2n) is 9.90. The Balaban J connectivity index is 1.86. The largest absolute Gasteiger partial charge is 0.504 e. The zero-order valence-electron chi connectivity index (χ0n) is 21.5. The van der Waals surface area contributed by atoms with Gasteiger partial charge in [0, 0.05) is 29.7 Å². The highest BCUT2D eigenvalue weighted by Gasteiger charge is 2.30. The number of aromatic hydroxyl groups is 1. The smallest absolute Gasteiger partial charge is 0.303 e. The van der Waals surface area contributed by atoms with Gasteiger partial charge < -0.3 is 30.3 Å². The Morgan fingerprint density at radius 3 is 2.41 bits per heavy atom. The molecule has 0 atom stereocenters. The maximum Gasteiger partial charge on any atom is 0.303 e. The lowest BCUT2D eigenvalue weighted by molar-refractivity contribution is -0.137. The Kier molecular flexibility index (Phi) is 8.10. The number of carboxylic acids is 1. The molecule has 1 heterocycles. The number of amides is 1. The second kappa shape index (κ2) is 10.9. The van der Waals surface area contributed by atoms with Crippen molar-refractivity contribution in [3.63, 3.8) is 0 Å². The van der Waals surface area contributed by atoms with Crippen molar-refractivity contribution in [2.75, 3.05) is 19.8 Å². The van der Waals surface area contributed by atoms with Gasteiger partial charge in [0.2, 0.25) is 0 Å². The minimum atomic E-state index is -0.947. The number of benzene rings is 2. The number of carbonyl (C=O) groups excluding carboxylic acids is 2. The standard InChI is InChI=1S/C27H33N3O7/c1-5-36-21-11-16-13-30(25(28)17(16)12-18(21)26(29)35)14-20(31)15-9-19(27(2,3)4)24(34)22(10-15)37-8-6-7-23(32)33/h9-12,28,34H,5-8,13-14H2,1-4H3,(H2,29,35)(H,32,33). The van der Waals surface area contributed by atoms with Crippen molar-refractivity contribution in [3.05, 3.63) is 52.1 Å². The van der Waals surface area contributed by atoms with Crippen molar-refractivity contribution >= 4 is 23.5 Å². The number of nitrogens with zero attached hydrogens (tertiary/aromatic N) is 1. The molecule has 0 bridgehead atoms. The van der Waals surface area contributed by atoms with Crippen LogP contribution in [0.15, 0.2) is 24.3 Å². The zero-order valence-corrected chi connectivity index (χ0v) is 21.5. The molecule has 10 heteroatoms. The topological polar surface area (TPSA) is 163 Å². The number of phenols is 1.